The highest BCUT2D eigenvalue weighted by Crippen LogP contribution is 2.27. The second-order valence-corrected chi connectivity index (χ2v) is 8.90. The van der Waals surface area contributed by atoms with Gasteiger partial charge in [0.15, 0.2) is 0 Å². The van der Waals surface area contributed by atoms with E-state index in [2.05, 4.69) is 40.9 Å². The summed E-state index contributed by atoms with van der Waals surface area (Å²) in [6.07, 6.45) is 3.77. The Hall–Kier alpha value is -1.80. The van der Waals surface area contributed by atoms with Gasteiger partial charge in [0.25, 0.3) is 5.56 Å². The Kier molecular flexibility index (Phi) is 5.72. The Balaban J connectivity index is 1.58. The van der Waals surface area contributed by atoms with Crippen molar-refractivity contribution in [1.82, 2.24) is 19.7 Å². The van der Waals surface area contributed by atoms with Gasteiger partial charge >= 0.3 is 0 Å². The Labute approximate surface area is 158 Å². The highest BCUT2D eigenvalue weighted by Gasteiger charge is 2.23. The van der Waals surface area contributed by atoms with Crippen molar-refractivity contribution in [3.05, 3.63) is 33.4 Å². The largest absolute Gasteiger partial charge is 0.377 e. The minimum atomic E-state index is -0.104. The van der Waals surface area contributed by atoms with E-state index in [0.717, 1.165) is 48.3 Å². The van der Waals surface area contributed by atoms with Gasteiger partial charge in [-0.2, -0.15) is 0 Å². The van der Waals surface area contributed by atoms with Gasteiger partial charge in [0.2, 0.25) is 5.13 Å². The molecule has 0 bridgehead atoms. The average Bonchev–Trinajstić information content (AvgIpc) is 3.05. The van der Waals surface area contributed by atoms with Gasteiger partial charge in [-0.1, -0.05) is 32.1 Å². The van der Waals surface area contributed by atoms with E-state index < -0.39 is 0 Å². The maximum Gasteiger partial charge on any atom is 0.253 e. The number of rotatable bonds is 5. The zero-order chi connectivity index (χ0) is 18.7. The minimum absolute atomic E-state index is 0.0423. The van der Waals surface area contributed by atoms with Crippen molar-refractivity contribution in [3.8, 4) is 0 Å². The van der Waals surface area contributed by atoms with Crippen LogP contribution in [-0.4, -0.2) is 39.9 Å². The van der Waals surface area contributed by atoms with E-state index in [-0.39, 0.29) is 11.0 Å². The van der Waals surface area contributed by atoms with E-state index in [4.69, 9.17) is 4.74 Å². The van der Waals surface area contributed by atoms with Crippen LogP contribution in [0.5, 0.6) is 0 Å². The first-order valence-electron chi connectivity index (χ1n) is 9.00. The van der Waals surface area contributed by atoms with Crippen LogP contribution in [0.1, 0.15) is 44.3 Å². The molecular weight excluding hydrogens is 350 g/mol. The van der Waals surface area contributed by atoms with E-state index >= 15 is 0 Å². The van der Waals surface area contributed by atoms with Crippen LogP contribution in [0.2, 0.25) is 0 Å². The first kappa shape index (κ1) is 19.0. The van der Waals surface area contributed by atoms with Gasteiger partial charge in [-0.25, -0.2) is 4.98 Å². The van der Waals surface area contributed by atoms with Crippen molar-refractivity contribution in [2.75, 3.05) is 25.1 Å². The third-order valence-electron chi connectivity index (χ3n) is 4.71. The molecule has 3 heterocycles. The lowest BCUT2D eigenvalue weighted by Gasteiger charge is -2.31. The lowest BCUT2D eigenvalue weighted by atomic mass is 9.92. The SMILES string of the molecule is COCc1nnc(N2CCC(Cn3cnc(C(C)(C)C)cc3=O)CC2)s1. The molecule has 0 aliphatic carbocycles. The quantitative estimate of drug-likeness (QED) is 0.797. The molecule has 1 aliphatic rings. The van der Waals surface area contributed by atoms with Crippen molar-refractivity contribution >= 4 is 16.5 Å². The Morgan fingerprint density at radius 3 is 2.62 bits per heavy atom. The van der Waals surface area contributed by atoms with E-state index in [0.29, 0.717) is 12.5 Å². The van der Waals surface area contributed by atoms with Crippen LogP contribution < -0.4 is 10.5 Å². The highest BCUT2D eigenvalue weighted by atomic mass is 32.1. The number of ether oxygens (including phenoxy) is 1. The van der Waals surface area contributed by atoms with Crippen molar-refractivity contribution in [2.45, 2.75) is 52.2 Å². The van der Waals surface area contributed by atoms with Crippen LogP contribution in [0.4, 0.5) is 5.13 Å². The van der Waals surface area contributed by atoms with Crippen molar-refractivity contribution in [2.24, 2.45) is 5.92 Å². The topological polar surface area (TPSA) is 73.1 Å². The van der Waals surface area contributed by atoms with Gasteiger partial charge in [0.05, 0.1) is 12.0 Å². The molecular formula is C18H27N5O2S. The van der Waals surface area contributed by atoms with Gasteiger partial charge < -0.3 is 9.64 Å². The lowest BCUT2D eigenvalue weighted by molar-refractivity contribution is 0.184. The average molecular weight is 378 g/mol. The molecule has 2 aromatic rings. The number of methoxy groups -OCH3 is 1. The number of aromatic nitrogens is 4. The van der Waals surface area contributed by atoms with Crippen LogP contribution in [0, 0.1) is 5.92 Å². The van der Waals surface area contributed by atoms with Crippen LogP contribution in [0.3, 0.4) is 0 Å². The number of nitrogens with zero attached hydrogens (tertiary/aromatic N) is 5. The molecule has 2 aromatic heterocycles. The molecule has 0 spiro atoms. The monoisotopic (exact) mass is 377 g/mol. The Morgan fingerprint density at radius 1 is 1.27 bits per heavy atom. The van der Waals surface area contributed by atoms with Crippen molar-refractivity contribution < 1.29 is 4.74 Å². The fourth-order valence-electron chi connectivity index (χ4n) is 3.11. The molecule has 1 saturated heterocycles. The second-order valence-electron chi connectivity index (χ2n) is 7.86. The summed E-state index contributed by atoms with van der Waals surface area (Å²) in [5.41, 5.74) is 0.782. The zero-order valence-corrected chi connectivity index (χ0v) is 16.8. The van der Waals surface area contributed by atoms with Crippen LogP contribution in [0.25, 0.3) is 0 Å². The van der Waals surface area contributed by atoms with E-state index in [1.54, 1.807) is 35.4 Å². The standard InChI is InChI=1S/C18H27N5O2S/c1-18(2,3)14-9-16(24)23(12-19-14)10-13-5-7-22(8-6-13)17-21-20-15(26-17)11-25-4/h9,12-13H,5-8,10-11H2,1-4H3. The summed E-state index contributed by atoms with van der Waals surface area (Å²) < 4.78 is 6.85. The smallest absolute Gasteiger partial charge is 0.253 e. The number of hydrogen-bond acceptors (Lipinski definition) is 7. The Morgan fingerprint density at radius 2 is 2.00 bits per heavy atom. The maximum atomic E-state index is 12.4. The van der Waals surface area contributed by atoms with E-state index in [9.17, 15) is 4.79 Å². The molecule has 0 N–H and O–H groups in total. The third-order valence-corrected chi connectivity index (χ3v) is 5.67. The van der Waals surface area contributed by atoms with Crippen LogP contribution >= 0.6 is 11.3 Å². The van der Waals surface area contributed by atoms with E-state index in [1.807, 2.05) is 0 Å². The number of hydrogen-bond donors (Lipinski definition) is 0. The van der Waals surface area contributed by atoms with Gasteiger partial charge in [-0.05, 0) is 18.8 Å². The van der Waals surface area contributed by atoms with Gasteiger partial charge in [-0.3, -0.25) is 9.36 Å². The molecule has 8 heteroatoms. The molecule has 1 fully saturated rings. The summed E-state index contributed by atoms with van der Waals surface area (Å²) in [4.78, 5) is 19.2. The summed E-state index contributed by atoms with van der Waals surface area (Å²) in [6.45, 7) is 9.33. The Bertz CT molecular complexity index is 787. The fourth-order valence-corrected chi connectivity index (χ4v) is 3.98. The highest BCUT2D eigenvalue weighted by molar-refractivity contribution is 7.15. The lowest BCUT2D eigenvalue weighted by Crippen LogP contribution is -2.36. The van der Waals surface area contributed by atoms with E-state index in [1.165, 1.54) is 0 Å². The third kappa shape index (κ3) is 4.48. The number of anilines is 1. The summed E-state index contributed by atoms with van der Waals surface area (Å²) in [7, 11) is 1.66. The predicted octanol–water partition coefficient (Wildman–Crippen LogP) is 2.46. The van der Waals surface area contributed by atoms with Gasteiger partial charge in [-0.15, -0.1) is 10.2 Å². The predicted molar refractivity (Wildman–Crippen MR) is 103 cm³/mol. The summed E-state index contributed by atoms with van der Waals surface area (Å²) >= 11 is 1.59. The second kappa shape index (κ2) is 7.84. The summed E-state index contributed by atoms with van der Waals surface area (Å²) in [5, 5.41) is 10.3. The van der Waals surface area contributed by atoms with Crippen molar-refractivity contribution in [1.29, 1.82) is 0 Å². The molecule has 0 atom stereocenters. The molecule has 0 amide bonds. The number of piperidine rings is 1. The first-order chi connectivity index (χ1) is 12.4. The molecule has 0 saturated carbocycles. The van der Waals surface area contributed by atoms with Crippen LogP contribution in [-0.2, 0) is 23.3 Å². The first-order valence-corrected chi connectivity index (χ1v) is 9.81. The molecule has 3 rings (SSSR count). The normalized spacial score (nSPS) is 16.2. The fraction of sp³-hybridized carbons (Fsp3) is 0.667. The molecule has 0 aromatic carbocycles. The molecule has 0 radical (unpaired) electrons. The molecule has 7 nitrogen and oxygen atoms in total. The maximum absolute atomic E-state index is 12.4. The van der Waals surface area contributed by atoms with Gasteiger partial charge in [0.1, 0.15) is 11.6 Å². The molecule has 1 aliphatic heterocycles. The summed E-state index contributed by atoms with van der Waals surface area (Å²) in [6, 6.07) is 1.67. The molecule has 0 unspecified atom stereocenters. The van der Waals surface area contributed by atoms with Gasteiger partial charge in [0, 0.05) is 38.2 Å². The molecule has 142 valence electrons. The minimum Gasteiger partial charge on any atom is -0.377 e. The van der Waals surface area contributed by atoms with Crippen molar-refractivity contribution in [3.63, 3.8) is 0 Å². The zero-order valence-electron chi connectivity index (χ0n) is 15.9. The summed E-state index contributed by atoms with van der Waals surface area (Å²) in [5.74, 6) is 0.484. The van der Waals surface area contributed by atoms with Crippen LogP contribution in [0.15, 0.2) is 17.2 Å². The molecule has 26 heavy (non-hydrogen) atoms.